The lowest BCUT2D eigenvalue weighted by atomic mass is 9.72. The summed E-state index contributed by atoms with van der Waals surface area (Å²) in [5, 5.41) is 10.1. The molecule has 2 aromatic carbocycles. The Balaban J connectivity index is 1.51. The number of aliphatic carboxylic acids is 1. The molecule has 3 aliphatic rings. The molecule has 0 spiro atoms. The van der Waals surface area contributed by atoms with Crippen molar-refractivity contribution >= 4 is 17.6 Å². The number of alkyl halides is 6. The molecule has 1 amide bonds. The summed E-state index contributed by atoms with van der Waals surface area (Å²) in [6.07, 6.45) is -7.02. The van der Waals surface area contributed by atoms with E-state index in [0.717, 1.165) is 41.5 Å². The molecule has 2 aromatic rings. The zero-order valence-corrected chi connectivity index (χ0v) is 26.8. The fourth-order valence-corrected chi connectivity index (χ4v) is 7.41. The minimum Gasteiger partial charge on any atom is -0.496 e. The highest BCUT2D eigenvalue weighted by atomic mass is 19.4. The lowest BCUT2D eigenvalue weighted by Gasteiger charge is -2.36. The van der Waals surface area contributed by atoms with E-state index in [4.69, 9.17) is 9.47 Å². The Morgan fingerprint density at radius 3 is 2.17 bits per heavy atom. The monoisotopic (exact) mass is 667 g/mol. The van der Waals surface area contributed by atoms with Crippen LogP contribution in [0.2, 0.25) is 0 Å². The van der Waals surface area contributed by atoms with Gasteiger partial charge in [-0.15, -0.1) is 0 Å². The number of hydrogen-bond donors (Lipinski definition) is 1. The summed E-state index contributed by atoms with van der Waals surface area (Å²) in [6, 6.07) is 6.01. The zero-order valence-electron chi connectivity index (χ0n) is 26.8. The number of benzene rings is 2. The molecule has 2 aliphatic carbocycles. The van der Waals surface area contributed by atoms with Crippen molar-refractivity contribution in [2.24, 2.45) is 10.8 Å². The smallest absolute Gasteiger partial charge is 0.416 e. The topological polar surface area (TPSA) is 76.1 Å². The fraction of sp³-hybridized carbons (Fsp3) is 0.543. The number of halogens is 6. The number of amides is 1. The van der Waals surface area contributed by atoms with Crippen molar-refractivity contribution in [3.8, 4) is 5.75 Å². The standard InChI is InChI=1S/C35H39F6NO5/c1-20-29(22-14-24(34(36,37)38)16-25(15-22)35(39,40)41)47-31(45)42(20)19-23-18-32(2,3)12-9-26(23)27-13-21(7-8-28(27)46-4)17-33(30(43)44)10-5-6-11-33/h7-8,13-16,20,29H,5-6,9-12,17-19H2,1-4H3,(H,43,44)/t20-,29-/m0/s1. The number of rotatable bonds is 8. The second-order valence-corrected chi connectivity index (χ2v) is 13.9. The van der Waals surface area contributed by atoms with Gasteiger partial charge in [-0.1, -0.05) is 32.8 Å². The van der Waals surface area contributed by atoms with Gasteiger partial charge >= 0.3 is 24.4 Å². The molecule has 256 valence electrons. The normalized spacial score (nSPS) is 22.9. The second-order valence-electron chi connectivity index (χ2n) is 13.9. The highest BCUT2D eigenvalue weighted by molar-refractivity contribution is 5.78. The minimum atomic E-state index is -5.04. The van der Waals surface area contributed by atoms with Crippen LogP contribution in [0.3, 0.4) is 0 Å². The van der Waals surface area contributed by atoms with E-state index in [1.807, 2.05) is 18.2 Å². The van der Waals surface area contributed by atoms with E-state index in [1.165, 1.54) is 12.0 Å². The number of cyclic esters (lactones) is 1. The molecule has 2 atom stereocenters. The van der Waals surface area contributed by atoms with Crippen LogP contribution < -0.4 is 4.74 Å². The fourth-order valence-electron chi connectivity index (χ4n) is 7.41. The largest absolute Gasteiger partial charge is 0.496 e. The molecule has 1 heterocycles. The SMILES string of the molecule is COc1ccc(CC2(C(=O)O)CCCC2)cc1C1=C(CN2C(=O)O[C@H](c3cc(C(F)(F)F)cc(C(F)(F)F)c3)[C@@H]2C)CC(C)(C)CC1. The van der Waals surface area contributed by atoms with Crippen LogP contribution in [0.25, 0.3) is 5.57 Å². The van der Waals surface area contributed by atoms with Gasteiger partial charge in [-0.3, -0.25) is 9.69 Å². The van der Waals surface area contributed by atoms with E-state index in [2.05, 4.69) is 13.8 Å². The summed E-state index contributed by atoms with van der Waals surface area (Å²) in [5.41, 5.74) is -0.918. The van der Waals surface area contributed by atoms with Crippen molar-refractivity contribution in [1.82, 2.24) is 4.90 Å². The van der Waals surface area contributed by atoms with Gasteiger partial charge < -0.3 is 14.6 Å². The number of nitrogens with zero attached hydrogens (tertiary/aromatic N) is 1. The van der Waals surface area contributed by atoms with Gasteiger partial charge in [-0.25, -0.2) is 4.79 Å². The van der Waals surface area contributed by atoms with Crippen LogP contribution in [0.15, 0.2) is 42.0 Å². The molecule has 1 saturated heterocycles. The minimum absolute atomic E-state index is 0.0484. The predicted molar refractivity (Wildman–Crippen MR) is 162 cm³/mol. The van der Waals surface area contributed by atoms with Crippen molar-refractivity contribution < 1.29 is 50.5 Å². The summed E-state index contributed by atoms with van der Waals surface area (Å²) >= 11 is 0. The van der Waals surface area contributed by atoms with Gasteiger partial charge in [0.05, 0.1) is 29.7 Å². The molecular weight excluding hydrogens is 628 g/mol. The van der Waals surface area contributed by atoms with E-state index in [-0.39, 0.29) is 23.6 Å². The Hall–Kier alpha value is -3.70. The summed E-state index contributed by atoms with van der Waals surface area (Å²) in [4.78, 5) is 26.9. The molecule has 6 nitrogen and oxygen atoms in total. The Labute approximate surface area is 269 Å². The Morgan fingerprint density at radius 2 is 1.62 bits per heavy atom. The van der Waals surface area contributed by atoms with Crippen LogP contribution in [-0.2, 0) is 28.3 Å². The van der Waals surface area contributed by atoms with E-state index in [9.17, 15) is 41.0 Å². The van der Waals surface area contributed by atoms with Crippen molar-refractivity contribution in [3.05, 3.63) is 69.8 Å². The Kier molecular flexibility index (Phi) is 9.13. The van der Waals surface area contributed by atoms with Gasteiger partial charge in [-0.2, -0.15) is 26.3 Å². The highest BCUT2D eigenvalue weighted by Crippen LogP contribution is 2.48. The second kappa shape index (κ2) is 12.4. The molecule has 0 bridgehead atoms. The third-order valence-electron chi connectivity index (χ3n) is 10.0. The maximum absolute atomic E-state index is 13.6. The predicted octanol–water partition coefficient (Wildman–Crippen LogP) is 9.47. The lowest BCUT2D eigenvalue weighted by molar-refractivity contribution is -0.148. The lowest BCUT2D eigenvalue weighted by Crippen LogP contribution is -2.35. The first-order chi connectivity index (χ1) is 21.8. The summed E-state index contributed by atoms with van der Waals surface area (Å²) < 4.78 is 92.7. The van der Waals surface area contributed by atoms with Crippen LogP contribution in [0.5, 0.6) is 5.75 Å². The molecule has 0 aromatic heterocycles. The first-order valence-electron chi connectivity index (χ1n) is 15.7. The number of methoxy groups -OCH3 is 1. The zero-order chi connectivity index (χ0) is 34.5. The first kappa shape index (κ1) is 34.6. The van der Waals surface area contributed by atoms with Crippen LogP contribution in [0, 0.1) is 10.8 Å². The molecule has 47 heavy (non-hydrogen) atoms. The summed E-state index contributed by atoms with van der Waals surface area (Å²) in [5.74, 6) is -0.235. The van der Waals surface area contributed by atoms with Gasteiger partial charge in [-0.05, 0) is 103 Å². The van der Waals surface area contributed by atoms with Gasteiger partial charge in [0.15, 0.2) is 0 Å². The van der Waals surface area contributed by atoms with Gasteiger partial charge in [0.25, 0.3) is 0 Å². The van der Waals surface area contributed by atoms with Crippen molar-refractivity contribution in [3.63, 3.8) is 0 Å². The third-order valence-corrected chi connectivity index (χ3v) is 10.0. The van der Waals surface area contributed by atoms with Crippen LogP contribution in [0.1, 0.15) is 99.6 Å². The van der Waals surface area contributed by atoms with Crippen molar-refractivity contribution in [1.29, 1.82) is 0 Å². The van der Waals surface area contributed by atoms with Crippen molar-refractivity contribution in [2.45, 2.75) is 96.6 Å². The first-order valence-corrected chi connectivity index (χ1v) is 15.7. The third kappa shape index (κ3) is 7.11. The molecule has 1 N–H and O–H groups in total. The molecular formula is C35H39F6NO5. The van der Waals surface area contributed by atoms with Gasteiger partial charge in [0, 0.05) is 12.1 Å². The molecule has 0 radical (unpaired) electrons. The Bertz CT molecular complexity index is 1540. The number of carbonyl (C=O) groups excluding carboxylic acids is 1. The van der Waals surface area contributed by atoms with E-state index >= 15 is 0 Å². The summed E-state index contributed by atoms with van der Waals surface area (Å²) in [7, 11) is 1.54. The average Bonchev–Trinajstić information content (AvgIpc) is 3.57. The molecule has 0 unspecified atom stereocenters. The Morgan fingerprint density at radius 1 is 1.00 bits per heavy atom. The van der Waals surface area contributed by atoms with Crippen molar-refractivity contribution in [2.75, 3.05) is 13.7 Å². The number of hydrogen-bond acceptors (Lipinski definition) is 4. The highest BCUT2D eigenvalue weighted by Gasteiger charge is 2.45. The number of ether oxygens (including phenoxy) is 2. The molecule has 1 saturated carbocycles. The van der Waals surface area contributed by atoms with E-state index < -0.39 is 53.1 Å². The maximum Gasteiger partial charge on any atom is 0.416 e. The number of carboxylic acid groups (broad SMARTS) is 1. The molecule has 5 rings (SSSR count). The number of carboxylic acids is 1. The van der Waals surface area contributed by atoms with Gasteiger partial charge in [0.1, 0.15) is 11.9 Å². The van der Waals surface area contributed by atoms with Gasteiger partial charge in [0.2, 0.25) is 0 Å². The maximum atomic E-state index is 13.6. The molecule has 2 fully saturated rings. The number of allylic oxidation sites excluding steroid dienone is 1. The van der Waals surface area contributed by atoms with E-state index in [0.29, 0.717) is 50.0 Å². The average molecular weight is 668 g/mol. The van der Waals surface area contributed by atoms with E-state index in [1.54, 1.807) is 6.92 Å². The molecule has 1 aliphatic heterocycles. The summed E-state index contributed by atoms with van der Waals surface area (Å²) in [6.45, 7) is 5.77. The van der Waals surface area contributed by atoms with Crippen LogP contribution in [0.4, 0.5) is 31.1 Å². The van der Waals surface area contributed by atoms with Crippen LogP contribution in [-0.4, -0.2) is 41.8 Å². The number of carbonyl (C=O) groups is 2. The molecule has 12 heteroatoms. The quantitative estimate of drug-likeness (QED) is 0.284. The van der Waals surface area contributed by atoms with Crippen LogP contribution >= 0.6 is 0 Å².